The zero-order valence-electron chi connectivity index (χ0n) is 16.8. The lowest BCUT2D eigenvalue weighted by molar-refractivity contribution is 0.0967. The van der Waals surface area contributed by atoms with Crippen LogP contribution in [0.5, 0.6) is 11.5 Å². The number of hydrogen-bond acceptors (Lipinski definition) is 4. The summed E-state index contributed by atoms with van der Waals surface area (Å²) >= 11 is 0. The third-order valence-electron chi connectivity index (χ3n) is 4.84. The van der Waals surface area contributed by atoms with Crippen LogP contribution in [0.25, 0.3) is 23.0 Å². The number of nitrogens with zero attached hydrogens (tertiary/aromatic N) is 2. The number of imidazole rings is 1. The third-order valence-corrected chi connectivity index (χ3v) is 4.84. The van der Waals surface area contributed by atoms with E-state index in [4.69, 9.17) is 4.74 Å². The fourth-order valence-electron chi connectivity index (χ4n) is 3.23. The predicted molar refractivity (Wildman–Crippen MR) is 120 cm³/mol. The van der Waals surface area contributed by atoms with Crippen LogP contribution in [0.3, 0.4) is 0 Å². The summed E-state index contributed by atoms with van der Waals surface area (Å²) in [6.45, 7) is 0. The number of hydrogen-bond donors (Lipinski definition) is 1. The number of aromatic nitrogens is 2. The second-order valence-electron chi connectivity index (χ2n) is 6.83. The first-order valence-corrected chi connectivity index (χ1v) is 9.62. The molecule has 0 saturated carbocycles. The molecular weight excluding hydrogens is 392 g/mol. The molecule has 1 heterocycles. The van der Waals surface area contributed by atoms with E-state index >= 15 is 0 Å². The van der Waals surface area contributed by atoms with Gasteiger partial charge in [0.1, 0.15) is 11.5 Å². The molecule has 1 aromatic heterocycles. The summed E-state index contributed by atoms with van der Waals surface area (Å²) in [7, 11) is 1.59. The van der Waals surface area contributed by atoms with E-state index in [-0.39, 0.29) is 5.75 Å². The number of allylic oxidation sites excluding steroid dienone is 1. The van der Waals surface area contributed by atoms with E-state index in [9.17, 15) is 14.7 Å². The summed E-state index contributed by atoms with van der Waals surface area (Å²) in [5.74, 6) is 0.346. The number of benzene rings is 3. The highest BCUT2D eigenvalue weighted by atomic mass is 16.5. The molecule has 0 spiro atoms. The topological polar surface area (TPSA) is 73.5 Å². The van der Waals surface area contributed by atoms with Crippen LogP contribution in [-0.2, 0) is 0 Å². The molecule has 154 valence electrons. The molecule has 6 heteroatoms. The summed E-state index contributed by atoms with van der Waals surface area (Å²) in [6, 6.07) is 22.7. The van der Waals surface area contributed by atoms with Crippen molar-refractivity contribution in [3.8, 4) is 28.4 Å². The molecule has 6 nitrogen and oxygen atoms in total. The molecule has 31 heavy (non-hydrogen) atoms. The number of carbonyl (C=O) groups excluding carboxylic acids is 1. The molecule has 4 rings (SSSR count). The van der Waals surface area contributed by atoms with Gasteiger partial charge in [-0.1, -0.05) is 30.3 Å². The fraction of sp³-hybridized carbons (Fsp3) is 0.0400. The van der Waals surface area contributed by atoms with E-state index in [1.54, 1.807) is 55.8 Å². The molecule has 0 aliphatic rings. The van der Waals surface area contributed by atoms with Crippen LogP contribution in [0.15, 0.2) is 95.9 Å². The zero-order valence-corrected chi connectivity index (χ0v) is 16.8. The number of aromatic hydroxyl groups is 1. The van der Waals surface area contributed by atoms with E-state index < -0.39 is 11.6 Å². The Bertz CT molecular complexity index is 1280. The highest BCUT2D eigenvalue weighted by Crippen LogP contribution is 2.23. The molecule has 0 atom stereocenters. The normalized spacial score (nSPS) is 11.0. The van der Waals surface area contributed by atoms with Gasteiger partial charge < -0.3 is 9.84 Å². The van der Waals surface area contributed by atoms with E-state index in [2.05, 4.69) is 0 Å². The maximum Gasteiger partial charge on any atom is 0.340 e. The van der Waals surface area contributed by atoms with Crippen LogP contribution in [-0.4, -0.2) is 27.3 Å². The first kappa shape index (κ1) is 20.0. The predicted octanol–water partition coefficient (Wildman–Crippen LogP) is 4.37. The average molecular weight is 412 g/mol. The minimum atomic E-state index is -0.474. The fourth-order valence-corrected chi connectivity index (χ4v) is 3.23. The Morgan fingerprint density at radius 1 is 0.935 bits per heavy atom. The maximum absolute atomic E-state index is 13.2. The Balaban J connectivity index is 1.78. The summed E-state index contributed by atoms with van der Waals surface area (Å²) in [4.78, 5) is 26.2. The number of phenolic OH excluding ortho intramolecular Hbond substituents is 1. The lowest BCUT2D eigenvalue weighted by atomic mass is 10.1. The van der Waals surface area contributed by atoms with Crippen LogP contribution >= 0.6 is 0 Å². The van der Waals surface area contributed by atoms with Crippen molar-refractivity contribution in [1.82, 2.24) is 9.13 Å². The second-order valence-corrected chi connectivity index (χ2v) is 6.83. The number of ether oxygens (including phenoxy) is 1. The van der Waals surface area contributed by atoms with Gasteiger partial charge in [-0.2, -0.15) is 0 Å². The zero-order chi connectivity index (χ0) is 21.8. The monoisotopic (exact) mass is 412 g/mol. The summed E-state index contributed by atoms with van der Waals surface area (Å²) < 4.78 is 7.70. The Kier molecular flexibility index (Phi) is 5.53. The summed E-state index contributed by atoms with van der Waals surface area (Å²) in [6.07, 6.45) is 4.64. The second kappa shape index (κ2) is 8.59. The van der Waals surface area contributed by atoms with Crippen molar-refractivity contribution in [2.75, 3.05) is 7.11 Å². The molecule has 0 saturated heterocycles. The Morgan fingerprint density at radius 3 is 2.26 bits per heavy atom. The van der Waals surface area contributed by atoms with Crippen LogP contribution in [0.2, 0.25) is 0 Å². The summed E-state index contributed by atoms with van der Waals surface area (Å²) in [5.41, 5.74) is 2.04. The first-order valence-electron chi connectivity index (χ1n) is 9.62. The van der Waals surface area contributed by atoms with E-state index in [0.29, 0.717) is 22.7 Å². The quantitative estimate of drug-likeness (QED) is 0.494. The number of para-hydroxylation sites is 1. The number of rotatable bonds is 5. The Morgan fingerprint density at radius 2 is 1.61 bits per heavy atom. The highest BCUT2D eigenvalue weighted by Gasteiger charge is 2.18. The number of methoxy groups -OCH3 is 1. The molecule has 0 radical (unpaired) electrons. The molecule has 0 unspecified atom stereocenters. The van der Waals surface area contributed by atoms with Crippen molar-refractivity contribution >= 4 is 12.0 Å². The minimum absolute atomic E-state index is 0.103. The van der Waals surface area contributed by atoms with Gasteiger partial charge in [0.15, 0.2) is 0 Å². The van der Waals surface area contributed by atoms with E-state index in [1.807, 2.05) is 30.3 Å². The standard InChI is InChI=1S/C25H20N2O4/c1-31-22-14-7-18(8-15-22)9-16-24(29)27-23(19-10-12-21(28)13-11-19)17-26(25(27)30)20-5-3-2-4-6-20/h2-17,28H,1H3/b16-9+. The molecule has 0 aliphatic heterocycles. The Labute approximate surface area is 178 Å². The molecule has 0 aliphatic carbocycles. The lowest BCUT2D eigenvalue weighted by Crippen LogP contribution is -2.27. The van der Waals surface area contributed by atoms with Crippen LogP contribution in [0.1, 0.15) is 10.4 Å². The SMILES string of the molecule is COc1ccc(/C=C/C(=O)n2c(-c3ccc(O)cc3)cn(-c3ccccc3)c2=O)cc1. The van der Waals surface area contributed by atoms with Crippen molar-refractivity contribution in [3.05, 3.63) is 107 Å². The minimum Gasteiger partial charge on any atom is -0.508 e. The van der Waals surface area contributed by atoms with Crippen molar-refractivity contribution in [2.45, 2.75) is 0 Å². The van der Waals surface area contributed by atoms with Crippen LogP contribution in [0, 0.1) is 0 Å². The van der Waals surface area contributed by atoms with Crippen LogP contribution in [0.4, 0.5) is 0 Å². The average Bonchev–Trinajstić information content (AvgIpc) is 3.16. The highest BCUT2D eigenvalue weighted by molar-refractivity contribution is 5.96. The van der Waals surface area contributed by atoms with Gasteiger partial charge in [0.25, 0.3) is 5.91 Å². The lowest BCUT2D eigenvalue weighted by Gasteiger charge is -2.04. The van der Waals surface area contributed by atoms with Gasteiger partial charge in [-0.15, -0.1) is 0 Å². The summed E-state index contributed by atoms with van der Waals surface area (Å²) in [5, 5.41) is 9.61. The van der Waals surface area contributed by atoms with Crippen LogP contribution < -0.4 is 10.4 Å². The van der Waals surface area contributed by atoms with Gasteiger partial charge in [-0.05, 0) is 60.2 Å². The van der Waals surface area contributed by atoms with Crippen molar-refractivity contribution in [2.24, 2.45) is 0 Å². The molecular formula is C25H20N2O4. The number of phenols is 1. The van der Waals surface area contributed by atoms with E-state index in [1.165, 1.54) is 22.8 Å². The maximum atomic E-state index is 13.2. The first-order chi connectivity index (χ1) is 15.1. The molecule has 1 N–H and O–H groups in total. The largest absolute Gasteiger partial charge is 0.508 e. The van der Waals surface area contributed by atoms with Gasteiger partial charge in [0, 0.05) is 17.8 Å². The molecule has 4 aromatic rings. The molecule has 0 bridgehead atoms. The van der Waals surface area contributed by atoms with Crippen molar-refractivity contribution < 1.29 is 14.6 Å². The van der Waals surface area contributed by atoms with Gasteiger partial charge in [-0.25, -0.2) is 9.36 Å². The molecule has 3 aromatic carbocycles. The van der Waals surface area contributed by atoms with Crippen molar-refractivity contribution in [1.29, 1.82) is 0 Å². The van der Waals surface area contributed by atoms with Gasteiger partial charge in [0.2, 0.25) is 0 Å². The molecule has 0 amide bonds. The van der Waals surface area contributed by atoms with Gasteiger partial charge in [0.05, 0.1) is 18.5 Å². The Hall–Kier alpha value is -4.32. The van der Waals surface area contributed by atoms with E-state index in [0.717, 1.165) is 10.1 Å². The number of carbonyl (C=O) groups is 1. The van der Waals surface area contributed by atoms with Crippen molar-refractivity contribution in [3.63, 3.8) is 0 Å². The molecule has 0 fully saturated rings. The third kappa shape index (κ3) is 4.18. The van der Waals surface area contributed by atoms with Gasteiger partial charge in [-0.3, -0.25) is 9.36 Å². The van der Waals surface area contributed by atoms with Gasteiger partial charge >= 0.3 is 5.69 Å². The smallest absolute Gasteiger partial charge is 0.340 e.